The second kappa shape index (κ2) is 11.4. The van der Waals surface area contributed by atoms with Crippen molar-refractivity contribution in [3.63, 3.8) is 0 Å². The first-order valence-corrected chi connectivity index (χ1v) is 19.0. The first kappa shape index (κ1) is 30.3. The van der Waals surface area contributed by atoms with Crippen molar-refractivity contribution in [1.29, 1.82) is 0 Å². The summed E-state index contributed by atoms with van der Waals surface area (Å²) in [6.45, 7) is 0. The van der Waals surface area contributed by atoms with E-state index in [1.165, 1.54) is 60.8 Å². The predicted octanol–water partition coefficient (Wildman–Crippen LogP) is 14.2. The molecule has 2 aliphatic rings. The Morgan fingerprint density at radius 3 is 1.69 bits per heavy atom. The molecule has 10 aromatic rings. The Balaban J connectivity index is 1.16. The number of benzene rings is 9. The standard InChI is InChI=1S/C53H33NO/c1-2-15-34(16-3-1)35-18-14-19-37(31-35)54(49-32-36-17-4-5-20-39(36)51-43-24-9-13-28-50(43)55-52(49)51)38-29-30-48-44(33-38)42-23-8-12-27-47(42)53(48)45-25-10-6-21-40(45)41-22-7-11-26-46(41)53/h1-33H. The smallest absolute Gasteiger partial charge is 0.160 e. The normalized spacial score (nSPS) is 13.2. The fourth-order valence-corrected chi connectivity index (χ4v) is 9.83. The fraction of sp³-hybridized carbons (Fsp3) is 0.0189. The van der Waals surface area contributed by atoms with E-state index in [1.54, 1.807) is 0 Å². The summed E-state index contributed by atoms with van der Waals surface area (Å²) in [6, 6.07) is 73.1. The van der Waals surface area contributed by atoms with Crippen LogP contribution >= 0.6 is 0 Å². The molecule has 1 heterocycles. The van der Waals surface area contributed by atoms with Crippen LogP contribution in [-0.2, 0) is 5.41 Å². The van der Waals surface area contributed by atoms with Crippen molar-refractivity contribution in [3.8, 4) is 33.4 Å². The van der Waals surface area contributed by atoms with E-state index in [4.69, 9.17) is 4.42 Å². The van der Waals surface area contributed by atoms with Gasteiger partial charge in [-0.2, -0.15) is 0 Å². The van der Waals surface area contributed by atoms with Crippen LogP contribution in [0.2, 0.25) is 0 Å². The van der Waals surface area contributed by atoms with Gasteiger partial charge in [0, 0.05) is 22.1 Å². The molecule has 2 aliphatic carbocycles. The van der Waals surface area contributed by atoms with Crippen molar-refractivity contribution < 1.29 is 4.42 Å². The van der Waals surface area contributed by atoms with Crippen LogP contribution in [0.1, 0.15) is 22.3 Å². The lowest BCUT2D eigenvalue weighted by Gasteiger charge is -2.31. The number of para-hydroxylation sites is 1. The molecule has 0 N–H and O–H groups in total. The Labute approximate surface area is 319 Å². The summed E-state index contributed by atoms with van der Waals surface area (Å²) >= 11 is 0. The van der Waals surface area contributed by atoms with Crippen LogP contribution in [-0.4, -0.2) is 0 Å². The van der Waals surface area contributed by atoms with Crippen LogP contribution in [0.15, 0.2) is 205 Å². The Kier molecular flexibility index (Phi) is 6.29. The van der Waals surface area contributed by atoms with Gasteiger partial charge in [0.1, 0.15) is 5.58 Å². The minimum atomic E-state index is -0.398. The predicted molar refractivity (Wildman–Crippen MR) is 228 cm³/mol. The Morgan fingerprint density at radius 2 is 0.945 bits per heavy atom. The highest BCUT2D eigenvalue weighted by Crippen LogP contribution is 2.63. The van der Waals surface area contributed by atoms with Gasteiger partial charge in [-0.1, -0.05) is 164 Å². The molecule has 0 aliphatic heterocycles. The number of rotatable bonds is 4. The molecule has 256 valence electrons. The summed E-state index contributed by atoms with van der Waals surface area (Å²) in [7, 11) is 0. The minimum absolute atomic E-state index is 0.398. The van der Waals surface area contributed by atoms with Gasteiger partial charge in [0.25, 0.3) is 0 Å². The Morgan fingerprint density at radius 1 is 0.382 bits per heavy atom. The molecule has 0 fully saturated rings. The molecule has 1 aromatic heterocycles. The zero-order valence-electron chi connectivity index (χ0n) is 29.9. The molecule has 0 amide bonds. The molecule has 2 heteroatoms. The van der Waals surface area contributed by atoms with Gasteiger partial charge in [-0.15, -0.1) is 0 Å². The molecule has 55 heavy (non-hydrogen) atoms. The van der Waals surface area contributed by atoms with Gasteiger partial charge in [-0.05, 0) is 103 Å². The largest absolute Gasteiger partial charge is 0.454 e. The average molecular weight is 700 g/mol. The van der Waals surface area contributed by atoms with Crippen molar-refractivity contribution in [2.75, 3.05) is 4.90 Å². The third-order valence-corrected chi connectivity index (χ3v) is 12.0. The van der Waals surface area contributed by atoms with Gasteiger partial charge < -0.3 is 9.32 Å². The second-order valence-corrected chi connectivity index (χ2v) is 14.8. The van der Waals surface area contributed by atoms with Crippen molar-refractivity contribution >= 4 is 49.8 Å². The summed E-state index contributed by atoms with van der Waals surface area (Å²) in [6.07, 6.45) is 0. The van der Waals surface area contributed by atoms with E-state index in [0.29, 0.717) is 0 Å². The molecular formula is C53H33NO. The molecule has 9 aromatic carbocycles. The van der Waals surface area contributed by atoms with E-state index in [2.05, 4.69) is 205 Å². The first-order chi connectivity index (χ1) is 27.3. The highest BCUT2D eigenvalue weighted by molar-refractivity contribution is 6.23. The molecule has 0 saturated carbocycles. The molecule has 0 bridgehead atoms. The fourth-order valence-electron chi connectivity index (χ4n) is 9.83. The second-order valence-electron chi connectivity index (χ2n) is 14.8. The van der Waals surface area contributed by atoms with Gasteiger partial charge in [0.05, 0.1) is 11.1 Å². The molecule has 0 saturated heterocycles. The van der Waals surface area contributed by atoms with Crippen LogP contribution in [0.25, 0.3) is 66.1 Å². The average Bonchev–Trinajstić information content (AvgIpc) is 3.89. The lowest BCUT2D eigenvalue weighted by Crippen LogP contribution is -2.25. The molecule has 1 spiro atoms. The summed E-state index contributed by atoms with van der Waals surface area (Å²) in [5.74, 6) is 0. The number of furan rings is 1. The molecular weight excluding hydrogens is 667 g/mol. The summed E-state index contributed by atoms with van der Waals surface area (Å²) in [5.41, 5.74) is 17.4. The molecule has 2 nitrogen and oxygen atoms in total. The van der Waals surface area contributed by atoms with E-state index < -0.39 is 5.41 Å². The Bertz CT molecular complexity index is 3120. The maximum Gasteiger partial charge on any atom is 0.160 e. The van der Waals surface area contributed by atoms with Crippen LogP contribution < -0.4 is 4.90 Å². The summed E-state index contributed by atoms with van der Waals surface area (Å²) in [5, 5.41) is 4.62. The lowest BCUT2D eigenvalue weighted by atomic mass is 9.70. The van der Waals surface area contributed by atoms with Crippen LogP contribution in [0.5, 0.6) is 0 Å². The third-order valence-electron chi connectivity index (χ3n) is 12.0. The number of hydrogen-bond donors (Lipinski definition) is 0. The van der Waals surface area contributed by atoms with E-state index in [9.17, 15) is 0 Å². The van der Waals surface area contributed by atoms with Gasteiger partial charge >= 0.3 is 0 Å². The Hall–Kier alpha value is -7.16. The van der Waals surface area contributed by atoms with Gasteiger partial charge in [-0.25, -0.2) is 0 Å². The van der Waals surface area contributed by atoms with Gasteiger partial charge in [0.2, 0.25) is 0 Å². The van der Waals surface area contributed by atoms with Gasteiger partial charge in [0.15, 0.2) is 5.58 Å². The number of anilines is 3. The van der Waals surface area contributed by atoms with Gasteiger partial charge in [-0.3, -0.25) is 0 Å². The molecule has 0 unspecified atom stereocenters. The van der Waals surface area contributed by atoms with Crippen molar-refractivity contribution in [2.24, 2.45) is 0 Å². The topological polar surface area (TPSA) is 16.4 Å². The summed E-state index contributed by atoms with van der Waals surface area (Å²) < 4.78 is 6.89. The lowest BCUT2D eigenvalue weighted by molar-refractivity contribution is 0.669. The van der Waals surface area contributed by atoms with Crippen LogP contribution in [0, 0.1) is 0 Å². The minimum Gasteiger partial charge on any atom is -0.454 e. The summed E-state index contributed by atoms with van der Waals surface area (Å²) in [4.78, 5) is 2.41. The van der Waals surface area contributed by atoms with Crippen LogP contribution in [0.4, 0.5) is 17.1 Å². The van der Waals surface area contributed by atoms with Crippen molar-refractivity contribution in [3.05, 3.63) is 222 Å². The molecule has 0 atom stereocenters. The van der Waals surface area contributed by atoms with Crippen LogP contribution in [0.3, 0.4) is 0 Å². The SMILES string of the molecule is c1ccc(-c2cccc(N(c3ccc4c(c3)-c3ccccc3C43c4ccccc4-c4ccccc43)c3cc4ccccc4c4c3oc3ccccc34)c2)cc1. The van der Waals surface area contributed by atoms with E-state index in [1.807, 2.05) is 0 Å². The maximum atomic E-state index is 6.89. The monoisotopic (exact) mass is 699 g/mol. The van der Waals surface area contributed by atoms with Crippen molar-refractivity contribution in [1.82, 2.24) is 0 Å². The van der Waals surface area contributed by atoms with E-state index in [-0.39, 0.29) is 0 Å². The zero-order valence-corrected chi connectivity index (χ0v) is 29.9. The quantitative estimate of drug-likeness (QED) is 0.182. The first-order valence-electron chi connectivity index (χ1n) is 19.0. The molecule has 12 rings (SSSR count). The molecule has 0 radical (unpaired) electrons. The van der Waals surface area contributed by atoms with E-state index in [0.717, 1.165) is 44.6 Å². The highest BCUT2D eigenvalue weighted by atomic mass is 16.3. The number of fused-ring (bicyclic) bond motifs is 15. The van der Waals surface area contributed by atoms with Crippen molar-refractivity contribution in [2.45, 2.75) is 5.41 Å². The zero-order chi connectivity index (χ0) is 36.1. The highest BCUT2D eigenvalue weighted by Gasteiger charge is 2.51. The number of nitrogens with zero attached hydrogens (tertiary/aromatic N) is 1. The third kappa shape index (κ3) is 4.14. The maximum absolute atomic E-state index is 6.89. The number of hydrogen-bond acceptors (Lipinski definition) is 2. The van der Waals surface area contributed by atoms with E-state index >= 15 is 0 Å².